The molecule has 37 heavy (non-hydrogen) atoms. The summed E-state index contributed by atoms with van der Waals surface area (Å²) < 4.78 is 13.6. The third kappa shape index (κ3) is 3.14. The summed E-state index contributed by atoms with van der Waals surface area (Å²) in [5, 5.41) is 53.9. The third-order valence-corrected chi connectivity index (χ3v) is 7.66. The number of nitrogens with zero attached hydrogens (tertiary/aromatic N) is 3. The Balaban J connectivity index is 1.43. The van der Waals surface area contributed by atoms with Gasteiger partial charge in [0.1, 0.15) is 17.0 Å². The number of benzene rings is 3. The second-order valence-electron chi connectivity index (χ2n) is 9.68. The average molecular weight is 494 g/mol. The highest BCUT2D eigenvalue weighted by Gasteiger charge is 2.66. The van der Waals surface area contributed by atoms with Crippen molar-refractivity contribution < 1.29 is 24.8 Å². The number of aromatic nitrogens is 1. The van der Waals surface area contributed by atoms with Crippen molar-refractivity contribution in [3.63, 3.8) is 0 Å². The predicted molar refractivity (Wildman–Crippen MR) is 133 cm³/mol. The fourth-order valence-corrected chi connectivity index (χ4v) is 5.88. The van der Waals surface area contributed by atoms with E-state index in [1.807, 2.05) is 24.3 Å². The van der Waals surface area contributed by atoms with Crippen molar-refractivity contribution in [2.24, 2.45) is 0 Å². The number of nitriles is 2. The number of aromatic hydroxyl groups is 2. The molecule has 3 heterocycles. The number of aliphatic hydroxyl groups excluding tert-OH is 1. The predicted octanol–water partition coefficient (Wildman–Crippen LogP) is 4.46. The van der Waals surface area contributed by atoms with E-state index in [1.165, 1.54) is 4.57 Å². The van der Waals surface area contributed by atoms with Crippen molar-refractivity contribution in [2.45, 2.75) is 37.1 Å². The van der Waals surface area contributed by atoms with Crippen LogP contribution in [0.2, 0.25) is 0 Å². The van der Waals surface area contributed by atoms with Gasteiger partial charge in [0.25, 0.3) is 0 Å². The minimum Gasteiger partial charge on any atom is -0.494 e. The Bertz CT molecular complexity index is 1650. The summed E-state index contributed by atoms with van der Waals surface area (Å²) in [6, 6.07) is 21.7. The largest absolute Gasteiger partial charge is 0.494 e. The van der Waals surface area contributed by atoms with Crippen LogP contribution in [0, 0.1) is 22.7 Å². The molecule has 184 valence electrons. The van der Waals surface area contributed by atoms with Crippen molar-refractivity contribution in [1.29, 1.82) is 10.5 Å². The summed E-state index contributed by atoms with van der Waals surface area (Å²) >= 11 is 0. The lowest BCUT2D eigenvalue weighted by Crippen LogP contribution is -2.33. The van der Waals surface area contributed by atoms with E-state index in [9.17, 15) is 20.6 Å². The zero-order valence-corrected chi connectivity index (χ0v) is 20.0. The maximum absolute atomic E-state index is 11.5. The summed E-state index contributed by atoms with van der Waals surface area (Å²) in [5.41, 5.74) is 0.0528. The van der Waals surface area contributed by atoms with Crippen LogP contribution in [0.5, 0.6) is 17.5 Å². The van der Waals surface area contributed by atoms with E-state index in [4.69, 9.17) is 14.7 Å². The second kappa shape index (κ2) is 8.01. The first-order chi connectivity index (χ1) is 17.8. The van der Waals surface area contributed by atoms with Gasteiger partial charge in [-0.05, 0) is 43.3 Å². The van der Waals surface area contributed by atoms with E-state index in [-0.39, 0.29) is 24.8 Å². The molecule has 8 heteroatoms. The lowest BCUT2D eigenvalue weighted by molar-refractivity contribution is -0.107. The Labute approximate surface area is 212 Å². The molecule has 8 nitrogen and oxygen atoms in total. The van der Waals surface area contributed by atoms with Gasteiger partial charge in [-0.2, -0.15) is 10.5 Å². The fourth-order valence-electron chi connectivity index (χ4n) is 5.88. The Hall–Kier alpha value is -4.50. The normalized spacial score (nSPS) is 23.5. The van der Waals surface area contributed by atoms with E-state index >= 15 is 0 Å². The highest BCUT2D eigenvalue weighted by Crippen LogP contribution is 2.65. The molecule has 3 atom stereocenters. The standard InChI is InChI=1S/C29H23N3O5/c1-28-23(33)14-29(37-28,12-13-36-19-9-6-17(15-30)7-10-19)25-24(28)26(34)32(27(25)35)22-11-8-18(16-31)20-4-2-3-5-21(20)22/h2-11,23,33-35H,12-14H2,1H3/t23-,28-,29+/m1/s1. The van der Waals surface area contributed by atoms with Crippen LogP contribution in [0.1, 0.15) is 42.0 Å². The van der Waals surface area contributed by atoms with Gasteiger partial charge in [-0.3, -0.25) is 4.57 Å². The van der Waals surface area contributed by atoms with E-state index in [0.717, 1.165) is 0 Å². The number of hydrogen-bond donors (Lipinski definition) is 3. The van der Waals surface area contributed by atoms with Crippen LogP contribution in [0.25, 0.3) is 16.5 Å². The molecule has 0 aliphatic carbocycles. The van der Waals surface area contributed by atoms with Gasteiger partial charge < -0.3 is 24.8 Å². The Morgan fingerprint density at radius 2 is 1.68 bits per heavy atom. The molecule has 2 bridgehead atoms. The van der Waals surface area contributed by atoms with Crippen LogP contribution in [0.4, 0.5) is 0 Å². The van der Waals surface area contributed by atoms with Crippen LogP contribution in [-0.2, 0) is 15.9 Å². The molecule has 3 aromatic carbocycles. The fraction of sp³-hybridized carbons (Fsp3) is 0.241. The second-order valence-corrected chi connectivity index (χ2v) is 9.68. The molecule has 1 aromatic heterocycles. The molecule has 0 saturated carbocycles. The Kier molecular flexibility index (Phi) is 4.96. The van der Waals surface area contributed by atoms with Crippen LogP contribution in [0.3, 0.4) is 0 Å². The zero-order valence-electron chi connectivity index (χ0n) is 20.0. The van der Waals surface area contributed by atoms with E-state index in [0.29, 0.717) is 50.9 Å². The first-order valence-corrected chi connectivity index (χ1v) is 11.9. The molecule has 2 aliphatic rings. The van der Waals surface area contributed by atoms with Crippen LogP contribution < -0.4 is 4.74 Å². The number of ether oxygens (including phenoxy) is 2. The van der Waals surface area contributed by atoms with Crippen LogP contribution in [-0.4, -0.2) is 32.6 Å². The average Bonchev–Trinajstić information content (AvgIpc) is 3.44. The van der Waals surface area contributed by atoms with Gasteiger partial charge in [0.15, 0.2) is 0 Å². The highest BCUT2D eigenvalue weighted by molar-refractivity contribution is 5.95. The molecule has 0 radical (unpaired) electrons. The smallest absolute Gasteiger partial charge is 0.205 e. The Morgan fingerprint density at radius 1 is 0.973 bits per heavy atom. The van der Waals surface area contributed by atoms with Crippen molar-refractivity contribution in [2.75, 3.05) is 6.61 Å². The van der Waals surface area contributed by atoms with E-state index in [2.05, 4.69) is 12.1 Å². The van der Waals surface area contributed by atoms with Gasteiger partial charge in [-0.1, -0.05) is 24.3 Å². The van der Waals surface area contributed by atoms with E-state index < -0.39 is 17.3 Å². The minimum atomic E-state index is -1.21. The maximum atomic E-state index is 11.5. The SMILES string of the molecule is C[C@@]12O[C@@](CCOc3ccc(C#N)cc3)(C[C@H]1O)c1c2c(O)n(-c2ccc(C#N)c3ccccc23)c1O. The van der Waals surface area contributed by atoms with Crippen molar-refractivity contribution in [3.05, 3.63) is 82.9 Å². The quantitative estimate of drug-likeness (QED) is 0.374. The molecule has 0 unspecified atom stereocenters. The third-order valence-electron chi connectivity index (χ3n) is 7.66. The molecule has 4 aromatic rings. The van der Waals surface area contributed by atoms with Gasteiger partial charge in [0, 0.05) is 23.6 Å². The molecule has 3 N–H and O–H groups in total. The highest BCUT2D eigenvalue weighted by atomic mass is 16.6. The van der Waals surface area contributed by atoms with Crippen molar-refractivity contribution in [3.8, 4) is 35.3 Å². The van der Waals surface area contributed by atoms with E-state index in [1.54, 1.807) is 43.3 Å². The molecule has 1 saturated heterocycles. The monoisotopic (exact) mass is 493 g/mol. The summed E-state index contributed by atoms with van der Waals surface area (Å²) in [4.78, 5) is 0. The lowest BCUT2D eigenvalue weighted by atomic mass is 9.76. The lowest BCUT2D eigenvalue weighted by Gasteiger charge is -2.26. The van der Waals surface area contributed by atoms with Crippen LogP contribution >= 0.6 is 0 Å². The first kappa shape index (κ1) is 22.9. The molecule has 2 aliphatic heterocycles. The van der Waals surface area contributed by atoms with Crippen LogP contribution in [0.15, 0.2) is 60.7 Å². The zero-order chi connectivity index (χ0) is 25.9. The van der Waals surface area contributed by atoms with Crippen molar-refractivity contribution >= 4 is 10.8 Å². The Morgan fingerprint density at radius 3 is 2.38 bits per heavy atom. The summed E-state index contributed by atoms with van der Waals surface area (Å²) in [6.07, 6.45) is -0.343. The van der Waals surface area contributed by atoms with Crippen molar-refractivity contribution in [1.82, 2.24) is 4.57 Å². The summed E-state index contributed by atoms with van der Waals surface area (Å²) in [6.45, 7) is 1.94. The topological polar surface area (TPSA) is 132 Å². The first-order valence-electron chi connectivity index (χ1n) is 11.9. The molecule has 1 fully saturated rings. The summed E-state index contributed by atoms with van der Waals surface area (Å²) in [7, 11) is 0. The number of hydrogen-bond acceptors (Lipinski definition) is 7. The molecular formula is C29H23N3O5. The number of aliphatic hydroxyl groups is 1. The number of fused-ring (bicyclic) bond motifs is 6. The van der Waals surface area contributed by atoms with Gasteiger partial charge in [-0.15, -0.1) is 0 Å². The molecule has 0 spiro atoms. The van der Waals surface area contributed by atoms with Gasteiger partial charge >= 0.3 is 0 Å². The summed E-state index contributed by atoms with van der Waals surface area (Å²) in [5.74, 6) is 0.207. The van der Waals surface area contributed by atoms with Gasteiger partial charge in [0.2, 0.25) is 11.8 Å². The maximum Gasteiger partial charge on any atom is 0.205 e. The molecule has 0 amide bonds. The minimum absolute atomic E-state index is 0.170. The van der Waals surface area contributed by atoms with Gasteiger partial charge in [0.05, 0.1) is 52.8 Å². The van der Waals surface area contributed by atoms with Gasteiger partial charge in [-0.25, -0.2) is 0 Å². The number of rotatable bonds is 5. The molecule has 6 rings (SSSR count). The molecular weight excluding hydrogens is 470 g/mol.